The molecule has 0 saturated heterocycles. The van der Waals surface area contributed by atoms with Crippen molar-refractivity contribution in [3.05, 3.63) is 41.9 Å². The lowest BCUT2D eigenvalue weighted by molar-refractivity contribution is 0.0252. The van der Waals surface area contributed by atoms with Crippen molar-refractivity contribution in [2.24, 2.45) is 4.99 Å². The first kappa shape index (κ1) is 16.1. The number of methoxy groups -OCH3 is 1. The maximum Gasteiger partial charge on any atom is 0.173 e. The Hall–Kier alpha value is -2.34. The van der Waals surface area contributed by atoms with Crippen LogP contribution in [-0.4, -0.2) is 39.5 Å². The van der Waals surface area contributed by atoms with Gasteiger partial charge in [0.05, 0.1) is 30.3 Å². The molecule has 1 fully saturated rings. The molecule has 0 bridgehead atoms. The lowest BCUT2D eigenvalue weighted by Crippen LogP contribution is -2.30. The third-order valence-electron chi connectivity index (χ3n) is 5.09. The van der Waals surface area contributed by atoms with Crippen molar-refractivity contribution in [2.45, 2.75) is 50.7 Å². The van der Waals surface area contributed by atoms with Crippen LogP contribution in [0.2, 0.25) is 0 Å². The number of fused-ring (bicyclic) bond motifs is 1. The van der Waals surface area contributed by atoms with E-state index < -0.39 is 0 Å². The number of aromatic nitrogens is 3. The Bertz CT molecular complexity index is 797. The third-order valence-corrected chi connectivity index (χ3v) is 5.09. The summed E-state index contributed by atoms with van der Waals surface area (Å²) in [5.74, 6) is 0.781. The van der Waals surface area contributed by atoms with Crippen LogP contribution >= 0.6 is 0 Å². The van der Waals surface area contributed by atoms with Gasteiger partial charge in [0.2, 0.25) is 0 Å². The van der Waals surface area contributed by atoms with E-state index >= 15 is 0 Å². The Balaban J connectivity index is 1.67. The van der Waals surface area contributed by atoms with Crippen LogP contribution in [0, 0.1) is 0 Å². The fraction of sp³-hybridized carbons (Fsp3) is 0.474. The number of ether oxygens (including phenoxy) is 1. The van der Waals surface area contributed by atoms with Crippen LogP contribution in [0.3, 0.4) is 0 Å². The summed E-state index contributed by atoms with van der Waals surface area (Å²) in [4.78, 5) is 21.7. The fourth-order valence-electron chi connectivity index (χ4n) is 3.82. The van der Waals surface area contributed by atoms with E-state index in [9.17, 15) is 4.79 Å². The molecule has 2 aromatic rings. The quantitative estimate of drug-likeness (QED) is 0.857. The van der Waals surface area contributed by atoms with E-state index in [-0.39, 0.29) is 17.9 Å². The van der Waals surface area contributed by atoms with Gasteiger partial charge in [0.1, 0.15) is 0 Å². The van der Waals surface area contributed by atoms with Gasteiger partial charge in [0.15, 0.2) is 11.6 Å². The van der Waals surface area contributed by atoms with E-state index in [4.69, 9.17) is 9.73 Å². The topological polar surface area (TPSA) is 69.4 Å². The molecule has 6 heteroatoms. The van der Waals surface area contributed by atoms with E-state index in [1.54, 1.807) is 19.5 Å². The van der Waals surface area contributed by atoms with Crippen LogP contribution in [0.1, 0.15) is 54.2 Å². The molecule has 0 aromatic carbocycles. The van der Waals surface area contributed by atoms with Crippen LogP contribution in [0.4, 0.5) is 5.82 Å². The van der Waals surface area contributed by atoms with Gasteiger partial charge in [0.25, 0.3) is 0 Å². The third kappa shape index (κ3) is 3.14. The van der Waals surface area contributed by atoms with Crippen LogP contribution in [0.15, 0.2) is 35.6 Å². The number of carbonyl (C=O) groups is 1. The molecule has 6 nitrogen and oxygen atoms in total. The van der Waals surface area contributed by atoms with E-state index in [1.807, 2.05) is 22.9 Å². The summed E-state index contributed by atoms with van der Waals surface area (Å²) in [5, 5.41) is 4.50. The van der Waals surface area contributed by atoms with Gasteiger partial charge in [0, 0.05) is 31.1 Å². The molecule has 4 rings (SSSR count). The molecule has 2 unspecified atom stereocenters. The van der Waals surface area contributed by atoms with Gasteiger partial charge >= 0.3 is 0 Å². The second-order valence-electron chi connectivity index (χ2n) is 6.73. The van der Waals surface area contributed by atoms with Crippen molar-refractivity contribution in [3.63, 3.8) is 0 Å². The molecule has 0 N–H and O–H groups in total. The van der Waals surface area contributed by atoms with Crippen LogP contribution < -0.4 is 0 Å². The minimum atomic E-state index is 0.0898. The molecule has 2 atom stereocenters. The van der Waals surface area contributed by atoms with Gasteiger partial charge in [-0.05, 0) is 25.0 Å². The number of hydrogen-bond donors (Lipinski definition) is 0. The lowest BCUT2D eigenvalue weighted by atomic mass is 9.92. The average Bonchev–Trinajstić information content (AvgIpc) is 3.07. The highest BCUT2D eigenvalue weighted by molar-refractivity contribution is 6.15. The molecule has 1 aliphatic heterocycles. The van der Waals surface area contributed by atoms with E-state index in [0.717, 1.165) is 30.7 Å². The Kier molecular flexibility index (Phi) is 4.44. The second kappa shape index (κ2) is 6.88. The molecule has 0 spiro atoms. The summed E-state index contributed by atoms with van der Waals surface area (Å²) in [6.07, 6.45) is 8.85. The largest absolute Gasteiger partial charge is 0.379 e. The number of hydrogen-bond acceptors (Lipinski definition) is 5. The Morgan fingerprint density at radius 2 is 2.16 bits per heavy atom. The standard InChI is InChI=1S/C19H22N4O2/c1-25-18-8-3-2-7-16(18)23-19-15(12-21-23)17(24)11-14(22-19)10-13-6-4-5-9-20-13/h4-6,9,12,16,18H,2-3,7-8,10-11H2,1H3. The molecular formula is C19H22N4O2. The lowest BCUT2D eigenvalue weighted by Gasteiger charge is -2.31. The zero-order valence-corrected chi connectivity index (χ0v) is 14.4. The average molecular weight is 338 g/mol. The Labute approximate surface area is 146 Å². The molecule has 3 heterocycles. The molecule has 0 radical (unpaired) electrons. The highest BCUT2D eigenvalue weighted by atomic mass is 16.5. The molecule has 1 aliphatic carbocycles. The molecule has 130 valence electrons. The van der Waals surface area contributed by atoms with Crippen molar-refractivity contribution in [1.29, 1.82) is 0 Å². The monoisotopic (exact) mass is 338 g/mol. The van der Waals surface area contributed by atoms with Gasteiger partial charge in [-0.2, -0.15) is 5.10 Å². The zero-order chi connectivity index (χ0) is 17.2. The number of aliphatic imine (C=N–C) groups is 1. The van der Waals surface area contributed by atoms with Gasteiger partial charge in [-0.3, -0.25) is 9.78 Å². The smallest absolute Gasteiger partial charge is 0.173 e. The number of carbonyl (C=O) groups excluding carboxylic acids is 1. The number of rotatable bonds is 4. The summed E-state index contributed by atoms with van der Waals surface area (Å²) in [5.41, 5.74) is 2.41. The first-order valence-corrected chi connectivity index (χ1v) is 8.86. The molecule has 0 amide bonds. The minimum absolute atomic E-state index is 0.0898. The molecule has 2 aromatic heterocycles. The summed E-state index contributed by atoms with van der Waals surface area (Å²) in [7, 11) is 1.75. The predicted octanol–water partition coefficient (Wildman–Crippen LogP) is 3.31. The zero-order valence-electron chi connectivity index (χ0n) is 14.4. The molecule has 25 heavy (non-hydrogen) atoms. The van der Waals surface area contributed by atoms with Crippen molar-refractivity contribution in [1.82, 2.24) is 14.8 Å². The number of ketones is 1. The highest BCUT2D eigenvalue weighted by Crippen LogP contribution is 2.36. The Morgan fingerprint density at radius 1 is 1.28 bits per heavy atom. The van der Waals surface area contributed by atoms with Crippen LogP contribution in [0.25, 0.3) is 0 Å². The highest BCUT2D eigenvalue weighted by Gasteiger charge is 2.32. The molecular weight excluding hydrogens is 316 g/mol. The van der Waals surface area contributed by atoms with Crippen molar-refractivity contribution >= 4 is 17.3 Å². The first-order chi connectivity index (χ1) is 12.3. The fourth-order valence-corrected chi connectivity index (χ4v) is 3.82. The van der Waals surface area contributed by atoms with E-state index in [1.165, 1.54) is 6.42 Å². The summed E-state index contributed by atoms with van der Waals surface area (Å²) in [6, 6.07) is 5.95. The molecule has 2 aliphatic rings. The van der Waals surface area contributed by atoms with Gasteiger partial charge < -0.3 is 4.74 Å². The second-order valence-corrected chi connectivity index (χ2v) is 6.73. The van der Waals surface area contributed by atoms with Crippen molar-refractivity contribution < 1.29 is 9.53 Å². The normalized spacial score (nSPS) is 23.2. The van der Waals surface area contributed by atoms with Crippen LogP contribution in [-0.2, 0) is 11.2 Å². The van der Waals surface area contributed by atoms with Gasteiger partial charge in [-0.1, -0.05) is 18.9 Å². The number of pyridine rings is 1. The number of nitrogens with zero attached hydrogens (tertiary/aromatic N) is 4. The van der Waals surface area contributed by atoms with Gasteiger partial charge in [-0.15, -0.1) is 0 Å². The first-order valence-electron chi connectivity index (χ1n) is 8.86. The SMILES string of the molecule is COC1CCCCC1n1ncc2c1N=C(Cc1ccccn1)CC2=O. The molecule has 1 saturated carbocycles. The van der Waals surface area contributed by atoms with Gasteiger partial charge in [-0.25, -0.2) is 9.67 Å². The Morgan fingerprint density at radius 3 is 2.96 bits per heavy atom. The summed E-state index contributed by atoms with van der Waals surface area (Å²) >= 11 is 0. The van der Waals surface area contributed by atoms with Crippen molar-refractivity contribution in [3.8, 4) is 0 Å². The van der Waals surface area contributed by atoms with E-state index in [2.05, 4.69) is 10.1 Å². The maximum atomic E-state index is 12.5. The maximum absolute atomic E-state index is 12.5. The summed E-state index contributed by atoms with van der Waals surface area (Å²) in [6.45, 7) is 0. The number of Topliss-reactive ketones (excluding diaryl/α,β-unsaturated/α-hetero) is 1. The van der Waals surface area contributed by atoms with Crippen molar-refractivity contribution in [2.75, 3.05) is 7.11 Å². The predicted molar refractivity (Wildman–Crippen MR) is 94.5 cm³/mol. The van der Waals surface area contributed by atoms with E-state index in [0.29, 0.717) is 24.2 Å². The van der Waals surface area contributed by atoms with Crippen LogP contribution in [0.5, 0.6) is 0 Å². The minimum Gasteiger partial charge on any atom is -0.379 e. The summed E-state index contributed by atoms with van der Waals surface area (Å²) < 4.78 is 7.58.